The highest BCUT2D eigenvalue weighted by Crippen LogP contribution is 2.36. The average Bonchev–Trinajstić information content (AvgIpc) is 2.77. The maximum absolute atomic E-state index is 13.3. The molecule has 34 heavy (non-hydrogen) atoms. The van der Waals surface area contributed by atoms with Gasteiger partial charge in [-0.1, -0.05) is 12.1 Å². The minimum Gasteiger partial charge on any atom is -0.369 e. The van der Waals surface area contributed by atoms with Crippen LogP contribution in [0.1, 0.15) is 36.3 Å². The van der Waals surface area contributed by atoms with Crippen LogP contribution in [0.3, 0.4) is 0 Å². The predicted molar refractivity (Wildman–Crippen MR) is 115 cm³/mol. The number of nitrogens with two attached hydrogens (primary N) is 1. The van der Waals surface area contributed by atoms with Crippen molar-refractivity contribution in [1.29, 1.82) is 0 Å². The molecule has 4 rings (SSSR count). The molecule has 5 N–H and O–H groups in total. The molecule has 1 aromatic carbocycles. The Morgan fingerprint density at radius 3 is 2.47 bits per heavy atom. The van der Waals surface area contributed by atoms with Gasteiger partial charge < -0.3 is 21.3 Å². The van der Waals surface area contributed by atoms with Crippen LogP contribution in [0.15, 0.2) is 29.1 Å². The Balaban J connectivity index is 1.61. The molecule has 2 aliphatic rings. The van der Waals surface area contributed by atoms with Crippen molar-refractivity contribution in [2.24, 2.45) is 11.7 Å². The quantitative estimate of drug-likeness (QED) is 0.524. The molecule has 3 heterocycles. The van der Waals surface area contributed by atoms with E-state index in [2.05, 4.69) is 20.6 Å². The van der Waals surface area contributed by atoms with Gasteiger partial charge in [0.2, 0.25) is 23.7 Å². The summed E-state index contributed by atoms with van der Waals surface area (Å²) in [6.45, 7) is 0.781. The van der Waals surface area contributed by atoms with Crippen LogP contribution >= 0.6 is 0 Å². The summed E-state index contributed by atoms with van der Waals surface area (Å²) in [7, 11) is 0. The summed E-state index contributed by atoms with van der Waals surface area (Å²) in [5.41, 5.74) is 2.97. The first-order valence-corrected chi connectivity index (χ1v) is 10.5. The number of para-hydroxylation sites is 1. The van der Waals surface area contributed by atoms with E-state index in [0.717, 1.165) is 12.1 Å². The SMILES string of the molecule is NC(=O)C1CCN(c2nc3c(c(=O)[nH]2)C(C(=O)Nc2ccccc2C(F)(F)F)CC(=O)N3)CC1. The van der Waals surface area contributed by atoms with Gasteiger partial charge in [0.25, 0.3) is 5.56 Å². The summed E-state index contributed by atoms with van der Waals surface area (Å²) in [5, 5.41) is 4.66. The highest BCUT2D eigenvalue weighted by atomic mass is 19.4. The van der Waals surface area contributed by atoms with Gasteiger partial charge in [-0.25, -0.2) is 0 Å². The molecule has 180 valence electrons. The molecule has 1 aromatic heterocycles. The van der Waals surface area contributed by atoms with Gasteiger partial charge in [-0.05, 0) is 25.0 Å². The molecule has 0 saturated carbocycles. The second-order valence-electron chi connectivity index (χ2n) is 8.15. The summed E-state index contributed by atoms with van der Waals surface area (Å²) in [6, 6.07) is 4.42. The van der Waals surface area contributed by atoms with E-state index in [0.29, 0.717) is 25.9 Å². The number of benzene rings is 1. The number of hydrogen-bond donors (Lipinski definition) is 4. The summed E-state index contributed by atoms with van der Waals surface area (Å²) in [5.74, 6) is -3.54. The second kappa shape index (κ2) is 8.80. The van der Waals surface area contributed by atoms with E-state index in [9.17, 15) is 32.3 Å². The molecule has 0 bridgehead atoms. The van der Waals surface area contributed by atoms with Crippen LogP contribution < -0.4 is 26.8 Å². The number of amides is 3. The van der Waals surface area contributed by atoms with Crippen molar-refractivity contribution in [1.82, 2.24) is 9.97 Å². The van der Waals surface area contributed by atoms with Crippen molar-refractivity contribution in [3.63, 3.8) is 0 Å². The molecule has 1 saturated heterocycles. The Hall–Kier alpha value is -3.90. The maximum Gasteiger partial charge on any atom is 0.418 e. The fourth-order valence-electron chi connectivity index (χ4n) is 4.17. The van der Waals surface area contributed by atoms with Crippen molar-refractivity contribution in [3.05, 3.63) is 45.7 Å². The number of aromatic amines is 1. The van der Waals surface area contributed by atoms with Crippen LogP contribution in [0.5, 0.6) is 0 Å². The maximum atomic E-state index is 13.3. The zero-order valence-corrected chi connectivity index (χ0v) is 17.7. The molecule has 1 fully saturated rings. The summed E-state index contributed by atoms with van der Waals surface area (Å²) >= 11 is 0. The number of alkyl halides is 3. The van der Waals surface area contributed by atoms with Gasteiger partial charge in [0, 0.05) is 25.4 Å². The Morgan fingerprint density at radius 2 is 1.82 bits per heavy atom. The monoisotopic (exact) mass is 478 g/mol. The lowest BCUT2D eigenvalue weighted by atomic mass is 9.92. The van der Waals surface area contributed by atoms with Gasteiger partial charge >= 0.3 is 6.18 Å². The fraction of sp³-hybridized carbons (Fsp3) is 0.381. The van der Waals surface area contributed by atoms with Crippen LogP contribution in [0.2, 0.25) is 0 Å². The summed E-state index contributed by atoms with van der Waals surface area (Å²) in [4.78, 5) is 58.0. The lowest BCUT2D eigenvalue weighted by Crippen LogP contribution is -2.41. The highest BCUT2D eigenvalue weighted by molar-refractivity contribution is 6.04. The van der Waals surface area contributed by atoms with Crippen molar-refractivity contribution in [2.75, 3.05) is 28.6 Å². The normalized spacial score (nSPS) is 18.7. The summed E-state index contributed by atoms with van der Waals surface area (Å²) in [6.07, 6.45) is -4.21. The van der Waals surface area contributed by atoms with E-state index in [1.54, 1.807) is 4.90 Å². The van der Waals surface area contributed by atoms with Crippen LogP contribution in [-0.2, 0) is 20.6 Å². The van der Waals surface area contributed by atoms with Gasteiger partial charge in [0.1, 0.15) is 5.82 Å². The lowest BCUT2D eigenvalue weighted by molar-refractivity contribution is -0.137. The van der Waals surface area contributed by atoms with E-state index in [1.165, 1.54) is 12.1 Å². The van der Waals surface area contributed by atoms with Crippen LogP contribution in [0.4, 0.5) is 30.6 Å². The number of primary amides is 1. The number of H-pyrrole nitrogens is 1. The second-order valence-corrected chi connectivity index (χ2v) is 8.15. The minimum absolute atomic E-state index is 0.128. The number of aromatic nitrogens is 2. The Labute approximate surface area is 190 Å². The van der Waals surface area contributed by atoms with Crippen LogP contribution in [0.25, 0.3) is 0 Å². The van der Waals surface area contributed by atoms with Gasteiger partial charge in [0.15, 0.2) is 0 Å². The van der Waals surface area contributed by atoms with Crippen molar-refractivity contribution in [2.45, 2.75) is 31.4 Å². The van der Waals surface area contributed by atoms with Gasteiger partial charge in [-0.3, -0.25) is 24.2 Å². The van der Waals surface area contributed by atoms with Crippen molar-refractivity contribution in [3.8, 4) is 0 Å². The van der Waals surface area contributed by atoms with Crippen LogP contribution in [-0.4, -0.2) is 40.8 Å². The lowest BCUT2D eigenvalue weighted by Gasteiger charge is -2.32. The molecule has 0 spiro atoms. The molecular formula is C21H21F3N6O4. The largest absolute Gasteiger partial charge is 0.418 e. The molecule has 1 unspecified atom stereocenters. The first-order valence-electron chi connectivity index (χ1n) is 10.5. The molecule has 1 atom stereocenters. The number of carbonyl (C=O) groups is 3. The fourth-order valence-corrected chi connectivity index (χ4v) is 4.17. The third-order valence-electron chi connectivity index (χ3n) is 5.94. The van der Waals surface area contributed by atoms with E-state index in [1.807, 2.05) is 0 Å². The standard InChI is InChI=1S/C21H21F3N6O4/c22-21(23,24)12-3-1-2-4-13(12)26-18(33)11-9-14(31)27-17-15(11)19(34)29-20(28-17)30-7-5-10(6-8-30)16(25)32/h1-4,10-11H,5-9H2,(H2,25,32)(H,26,33)(H2,27,28,29,31,34). The molecule has 10 nitrogen and oxygen atoms in total. The van der Waals surface area contributed by atoms with E-state index in [4.69, 9.17) is 5.73 Å². The van der Waals surface area contributed by atoms with Gasteiger partial charge in [-0.15, -0.1) is 0 Å². The third-order valence-corrected chi connectivity index (χ3v) is 5.94. The number of halogens is 3. The number of nitrogens with zero attached hydrogens (tertiary/aromatic N) is 2. The number of anilines is 3. The number of piperidine rings is 1. The zero-order chi connectivity index (χ0) is 24.6. The van der Waals surface area contributed by atoms with Crippen molar-refractivity contribution < 1.29 is 27.6 Å². The molecule has 3 amide bonds. The van der Waals surface area contributed by atoms with Gasteiger partial charge in [0.05, 0.1) is 22.7 Å². The first kappa shape index (κ1) is 23.3. The molecule has 2 aliphatic heterocycles. The van der Waals surface area contributed by atoms with E-state index >= 15 is 0 Å². The van der Waals surface area contributed by atoms with Gasteiger partial charge in [-0.2, -0.15) is 18.2 Å². The number of hydrogen-bond acceptors (Lipinski definition) is 6. The predicted octanol–water partition coefficient (Wildman–Crippen LogP) is 1.55. The Bertz CT molecular complexity index is 1200. The highest BCUT2D eigenvalue weighted by Gasteiger charge is 2.38. The van der Waals surface area contributed by atoms with Crippen LogP contribution in [0, 0.1) is 5.92 Å². The molecule has 2 aromatic rings. The number of carbonyl (C=O) groups excluding carboxylic acids is 3. The first-order chi connectivity index (χ1) is 16.0. The molecule has 0 aliphatic carbocycles. The Kier molecular flexibility index (Phi) is 6.02. The molecule has 13 heteroatoms. The number of rotatable bonds is 4. The number of nitrogens with one attached hydrogen (secondary N) is 3. The smallest absolute Gasteiger partial charge is 0.369 e. The topological polar surface area (TPSA) is 150 Å². The molecular weight excluding hydrogens is 457 g/mol. The zero-order valence-electron chi connectivity index (χ0n) is 17.7. The average molecular weight is 478 g/mol. The van der Waals surface area contributed by atoms with E-state index in [-0.39, 0.29) is 23.2 Å². The van der Waals surface area contributed by atoms with Crippen molar-refractivity contribution >= 4 is 35.2 Å². The minimum atomic E-state index is -4.71. The number of fused-ring (bicyclic) bond motifs is 1. The Morgan fingerprint density at radius 1 is 1.15 bits per heavy atom. The molecule has 0 radical (unpaired) electrons. The third kappa shape index (κ3) is 4.58. The van der Waals surface area contributed by atoms with E-state index < -0.39 is 53.0 Å². The summed E-state index contributed by atoms with van der Waals surface area (Å²) < 4.78 is 39.9.